The lowest BCUT2D eigenvalue weighted by Gasteiger charge is -2.19. The first-order chi connectivity index (χ1) is 11.1. The highest BCUT2D eigenvalue weighted by Gasteiger charge is 2.23. The number of hydrogen-bond acceptors (Lipinski definition) is 4. The average molecular weight is 310 g/mol. The third-order valence-corrected chi connectivity index (χ3v) is 3.80. The standard InChI is InChI=1S/C19H18O4/c1-12-4-6-16-15(8-12)19(20)14(11-23-16)9-13-5-7-17(21-2)18(10-13)22-3/h4-10H,11H2,1-3H3/b14-9+. The minimum Gasteiger partial charge on any atom is -0.493 e. The van der Waals surface area contributed by atoms with Crippen LogP contribution in [-0.2, 0) is 0 Å². The Bertz CT molecular complexity index is 790. The van der Waals surface area contributed by atoms with Crippen LogP contribution in [0.1, 0.15) is 21.5 Å². The largest absolute Gasteiger partial charge is 0.493 e. The first-order valence-electron chi connectivity index (χ1n) is 7.33. The van der Waals surface area contributed by atoms with Crippen LogP contribution in [0.15, 0.2) is 42.0 Å². The Morgan fingerprint density at radius 3 is 2.57 bits per heavy atom. The highest BCUT2D eigenvalue weighted by molar-refractivity contribution is 6.14. The van der Waals surface area contributed by atoms with Crippen molar-refractivity contribution < 1.29 is 19.0 Å². The van der Waals surface area contributed by atoms with Gasteiger partial charge < -0.3 is 14.2 Å². The van der Waals surface area contributed by atoms with E-state index in [1.165, 1.54) is 0 Å². The van der Waals surface area contributed by atoms with Gasteiger partial charge >= 0.3 is 0 Å². The molecule has 1 aliphatic rings. The SMILES string of the molecule is COc1ccc(/C=C2\COc3ccc(C)cc3C2=O)cc1OC. The minimum atomic E-state index is 0.00438. The van der Waals surface area contributed by atoms with E-state index in [2.05, 4.69) is 0 Å². The summed E-state index contributed by atoms with van der Waals surface area (Å²) in [4.78, 5) is 12.6. The number of benzene rings is 2. The van der Waals surface area contributed by atoms with Crippen molar-refractivity contribution in [3.8, 4) is 17.2 Å². The molecule has 118 valence electrons. The van der Waals surface area contributed by atoms with E-state index in [4.69, 9.17) is 14.2 Å². The van der Waals surface area contributed by atoms with Crippen molar-refractivity contribution in [2.75, 3.05) is 20.8 Å². The lowest BCUT2D eigenvalue weighted by atomic mass is 9.97. The summed E-state index contributed by atoms with van der Waals surface area (Å²) >= 11 is 0. The predicted molar refractivity (Wildman–Crippen MR) is 88.5 cm³/mol. The molecule has 0 N–H and O–H groups in total. The van der Waals surface area contributed by atoms with E-state index in [1.54, 1.807) is 14.2 Å². The van der Waals surface area contributed by atoms with E-state index in [0.717, 1.165) is 11.1 Å². The second-order valence-corrected chi connectivity index (χ2v) is 5.40. The van der Waals surface area contributed by atoms with Crippen molar-refractivity contribution >= 4 is 11.9 Å². The fourth-order valence-electron chi connectivity index (χ4n) is 2.59. The van der Waals surface area contributed by atoms with Gasteiger partial charge in [-0.25, -0.2) is 0 Å². The maximum Gasteiger partial charge on any atom is 0.196 e. The summed E-state index contributed by atoms with van der Waals surface area (Å²) in [6.07, 6.45) is 1.83. The van der Waals surface area contributed by atoms with Gasteiger partial charge in [-0.05, 0) is 42.8 Å². The molecule has 1 aliphatic heterocycles. The van der Waals surface area contributed by atoms with Crippen molar-refractivity contribution in [3.05, 3.63) is 58.7 Å². The van der Waals surface area contributed by atoms with E-state index in [0.29, 0.717) is 28.4 Å². The third kappa shape index (κ3) is 2.93. The van der Waals surface area contributed by atoms with Crippen LogP contribution in [-0.4, -0.2) is 26.6 Å². The summed E-state index contributed by atoms with van der Waals surface area (Å²) in [6.45, 7) is 2.23. The van der Waals surface area contributed by atoms with Gasteiger partial charge in [0.15, 0.2) is 17.3 Å². The quantitative estimate of drug-likeness (QED) is 0.811. The Morgan fingerprint density at radius 1 is 1.04 bits per heavy atom. The van der Waals surface area contributed by atoms with Crippen LogP contribution in [0.3, 0.4) is 0 Å². The molecule has 0 unspecified atom stereocenters. The predicted octanol–water partition coefficient (Wildman–Crippen LogP) is 3.67. The van der Waals surface area contributed by atoms with Crippen molar-refractivity contribution in [1.82, 2.24) is 0 Å². The number of Topliss-reactive ketones (excluding diaryl/α,β-unsaturated/α-hetero) is 1. The van der Waals surface area contributed by atoms with Gasteiger partial charge in [0.05, 0.1) is 19.8 Å². The van der Waals surface area contributed by atoms with E-state index in [9.17, 15) is 4.79 Å². The van der Waals surface area contributed by atoms with Gasteiger partial charge in [-0.15, -0.1) is 0 Å². The third-order valence-electron chi connectivity index (χ3n) is 3.80. The van der Waals surface area contributed by atoms with E-state index >= 15 is 0 Å². The molecule has 0 amide bonds. The van der Waals surface area contributed by atoms with Crippen LogP contribution < -0.4 is 14.2 Å². The monoisotopic (exact) mass is 310 g/mol. The van der Waals surface area contributed by atoms with Crippen molar-refractivity contribution in [3.63, 3.8) is 0 Å². The molecule has 0 aliphatic carbocycles. The number of carbonyl (C=O) groups excluding carboxylic acids is 1. The fourth-order valence-corrected chi connectivity index (χ4v) is 2.59. The first kappa shape index (κ1) is 15.2. The van der Waals surface area contributed by atoms with Gasteiger partial charge in [0, 0.05) is 5.57 Å². The smallest absolute Gasteiger partial charge is 0.196 e. The van der Waals surface area contributed by atoms with E-state index in [-0.39, 0.29) is 12.4 Å². The number of rotatable bonds is 3. The molecule has 4 heteroatoms. The molecule has 0 spiro atoms. The van der Waals surface area contributed by atoms with Crippen LogP contribution in [0.2, 0.25) is 0 Å². The van der Waals surface area contributed by atoms with E-state index in [1.807, 2.05) is 49.4 Å². The lowest BCUT2D eigenvalue weighted by molar-refractivity contribution is 0.100. The number of aryl methyl sites for hydroxylation is 1. The van der Waals surface area contributed by atoms with E-state index < -0.39 is 0 Å². The highest BCUT2D eigenvalue weighted by Crippen LogP contribution is 2.31. The molecule has 0 atom stereocenters. The Morgan fingerprint density at radius 2 is 1.83 bits per heavy atom. The number of fused-ring (bicyclic) bond motifs is 1. The summed E-state index contributed by atoms with van der Waals surface area (Å²) < 4.78 is 16.2. The zero-order chi connectivity index (χ0) is 16.4. The summed E-state index contributed by atoms with van der Waals surface area (Å²) in [5.74, 6) is 1.93. The molecule has 2 aromatic rings. The molecule has 0 saturated carbocycles. The Kier molecular flexibility index (Phi) is 4.06. The van der Waals surface area contributed by atoms with Crippen LogP contribution >= 0.6 is 0 Å². The molecule has 0 aromatic heterocycles. The molecule has 4 nitrogen and oxygen atoms in total. The molecular formula is C19H18O4. The maximum atomic E-state index is 12.6. The van der Waals surface area contributed by atoms with Gasteiger partial charge in [-0.1, -0.05) is 17.7 Å². The molecule has 1 heterocycles. The van der Waals surface area contributed by atoms with Gasteiger partial charge in [0.2, 0.25) is 0 Å². The van der Waals surface area contributed by atoms with Crippen molar-refractivity contribution in [2.24, 2.45) is 0 Å². The Balaban J connectivity index is 1.96. The fraction of sp³-hybridized carbons (Fsp3) is 0.211. The number of hydrogen-bond donors (Lipinski definition) is 0. The average Bonchev–Trinajstić information content (AvgIpc) is 2.57. The molecule has 2 aromatic carbocycles. The number of ketones is 1. The van der Waals surface area contributed by atoms with Crippen LogP contribution in [0.4, 0.5) is 0 Å². The Hall–Kier alpha value is -2.75. The summed E-state index contributed by atoms with van der Waals surface area (Å²) in [7, 11) is 3.18. The molecule has 3 rings (SSSR count). The molecule has 0 bridgehead atoms. The van der Waals surface area contributed by atoms with Crippen LogP contribution in [0.25, 0.3) is 6.08 Å². The van der Waals surface area contributed by atoms with Gasteiger partial charge in [-0.2, -0.15) is 0 Å². The highest BCUT2D eigenvalue weighted by atomic mass is 16.5. The van der Waals surface area contributed by atoms with Gasteiger partial charge in [0.1, 0.15) is 12.4 Å². The molecule has 0 saturated heterocycles. The summed E-state index contributed by atoms with van der Waals surface area (Å²) in [5.41, 5.74) is 3.14. The zero-order valence-corrected chi connectivity index (χ0v) is 13.4. The zero-order valence-electron chi connectivity index (χ0n) is 13.4. The number of ether oxygens (including phenoxy) is 3. The number of methoxy groups -OCH3 is 2. The first-order valence-corrected chi connectivity index (χ1v) is 7.33. The molecular weight excluding hydrogens is 292 g/mol. The lowest BCUT2D eigenvalue weighted by Crippen LogP contribution is -2.19. The number of carbonyl (C=O) groups is 1. The molecule has 0 fully saturated rings. The Labute approximate surface area is 135 Å². The summed E-state index contributed by atoms with van der Waals surface area (Å²) in [6, 6.07) is 11.2. The summed E-state index contributed by atoms with van der Waals surface area (Å²) in [5, 5.41) is 0. The van der Waals surface area contributed by atoms with Crippen molar-refractivity contribution in [1.29, 1.82) is 0 Å². The van der Waals surface area contributed by atoms with Crippen LogP contribution in [0, 0.1) is 6.92 Å². The van der Waals surface area contributed by atoms with Gasteiger partial charge in [-0.3, -0.25) is 4.79 Å². The topological polar surface area (TPSA) is 44.8 Å². The normalized spacial score (nSPS) is 15.1. The van der Waals surface area contributed by atoms with Crippen molar-refractivity contribution in [2.45, 2.75) is 6.92 Å². The second kappa shape index (κ2) is 6.16. The second-order valence-electron chi connectivity index (χ2n) is 5.40. The van der Waals surface area contributed by atoms with Gasteiger partial charge in [0.25, 0.3) is 0 Å². The van der Waals surface area contributed by atoms with Crippen LogP contribution in [0.5, 0.6) is 17.2 Å². The maximum absolute atomic E-state index is 12.6. The molecule has 0 radical (unpaired) electrons. The molecule has 23 heavy (non-hydrogen) atoms. The minimum absolute atomic E-state index is 0.00438.